The molecule has 0 aliphatic rings. The lowest BCUT2D eigenvalue weighted by atomic mass is 10.1. The molecule has 3 nitrogen and oxygen atoms in total. The monoisotopic (exact) mass is 321 g/mol. The molecule has 118 valence electrons. The molecule has 0 spiro atoms. The molecular weight excluding hydrogens is 303 g/mol. The highest BCUT2D eigenvalue weighted by molar-refractivity contribution is 7.98. The summed E-state index contributed by atoms with van der Waals surface area (Å²) in [5, 5.41) is 2.60. The lowest BCUT2D eigenvalue weighted by Gasteiger charge is -2.16. The minimum absolute atomic E-state index is 0.00968. The van der Waals surface area contributed by atoms with Crippen LogP contribution < -0.4 is 5.32 Å². The molecule has 1 aromatic rings. The predicted molar refractivity (Wildman–Crippen MR) is 77.6 cm³/mol. The van der Waals surface area contributed by atoms with Crippen molar-refractivity contribution in [2.75, 3.05) is 25.7 Å². The molecule has 1 rings (SSSR count). The third-order valence-electron chi connectivity index (χ3n) is 2.92. The number of methoxy groups -OCH3 is 1. The smallest absolute Gasteiger partial charge is 0.380 e. The van der Waals surface area contributed by atoms with Gasteiger partial charge in [0, 0.05) is 19.2 Å². The quantitative estimate of drug-likeness (QED) is 0.838. The Balaban J connectivity index is 2.63. The lowest BCUT2D eigenvalue weighted by Crippen LogP contribution is -2.33. The number of carbonyl (C=O) groups is 1. The number of hydrogen-bond acceptors (Lipinski definition) is 3. The van der Waals surface area contributed by atoms with Gasteiger partial charge in [-0.3, -0.25) is 4.79 Å². The molecule has 0 bridgehead atoms. The number of nitrogens with one attached hydrogen (secondary N) is 1. The Morgan fingerprint density at radius 1 is 1.43 bits per heavy atom. The molecule has 0 saturated heterocycles. The van der Waals surface area contributed by atoms with Crippen molar-refractivity contribution < 1.29 is 22.7 Å². The Morgan fingerprint density at radius 2 is 2.14 bits per heavy atom. The maximum absolute atomic E-state index is 12.6. The molecule has 7 heteroatoms. The average molecular weight is 321 g/mol. The standard InChI is InChI=1S/C14H18F3NO2S/c1-20-12(6-7-21-2)9-18-13(19)10-4-3-5-11(8-10)14(15,16)17/h3-5,8,12H,6-7,9H2,1-2H3,(H,18,19). The SMILES string of the molecule is COC(CCSC)CNC(=O)c1cccc(C(F)(F)F)c1. The maximum atomic E-state index is 12.6. The number of carbonyl (C=O) groups excluding carboxylic acids is 1. The van der Waals surface area contributed by atoms with Gasteiger partial charge in [0.25, 0.3) is 5.91 Å². The van der Waals surface area contributed by atoms with Gasteiger partial charge in [0.15, 0.2) is 0 Å². The Morgan fingerprint density at radius 3 is 2.71 bits per heavy atom. The van der Waals surface area contributed by atoms with Gasteiger partial charge in [-0.1, -0.05) is 6.07 Å². The molecular formula is C14H18F3NO2S. The van der Waals surface area contributed by atoms with Gasteiger partial charge in [0.05, 0.1) is 11.7 Å². The van der Waals surface area contributed by atoms with E-state index < -0.39 is 17.6 Å². The molecule has 0 aliphatic heterocycles. The second-order valence-electron chi connectivity index (χ2n) is 4.43. The van der Waals surface area contributed by atoms with E-state index in [-0.39, 0.29) is 18.2 Å². The molecule has 0 aliphatic carbocycles. The fraction of sp³-hybridized carbons (Fsp3) is 0.500. The molecule has 0 saturated carbocycles. The molecule has 1 amide bonds. The summed E-state index contributed by atoms with van der Waals surface area (Å²) in [6, 6.07) is 4.36. The van der Waals surface area contributed by atoms with Gasteiger partial charge < -0.3 is 10.1 Å². The van der Waals surface area contributed by atoms with Crippen LogP contribution in [0.4, 0.5) is 13.2 Å². The van der Waals surface area contributed by atoms with Crippen LogP contribution >= 0.6 is 11.8 Å². The van der Waals surface area contributed by atoms with Crippen LogP contribution in [0.2, 0.25) is 0 Å². The summed E-state index contributed by atoms with van der Waals surface area (Å²) in [5.74, 6) is 0.352. The Bertz CT molecular complexity index is 466. The van der Waals surface area contributed by atoms with E-state index in [0.29, 0.717) is 0 Å². The summed E-state index contributed by atoms with van der Waals surface area (Å²) in [4.78, 5) is 11.9. The van der Waals surface area contributed by atoms with Crippen LogP contribution in [0.3, 0.4) is 0 Å². The van der Waals surface area contributed by atoms with Gasteiger partial charge in [-0.25, -0.2) is 0 Å². The number of hydrogen-bond donors (Lipinski definition) is 1. The molecule has 1 atom stereocenters. The highest BCUT2D eigenvalue weighted by Crippen LogP contribution is 2.29. The van der Waals surface area contributed by atoms with Gasteiger partial charge >= 0.3 is 6.18 Å². The Hall–Kier alpha value is -1.21. The first-order chi connectivity index (χ1) is 9.88. The molecule has 21 heavy (non-hydrogen) atoms. The van der Waals surface area contributed by atoms with Gasteiger partial charge in [0.1, 0.15) is 0 Å². The van der Waals surface area contributed by atoms with Crippen molar-refractivity contribution in [2.24, 2.45) is 0 Å². The van der Waals surface area contributed by atoms with Gasteiger partial charge in [-0.05, 0) is 36.6 Å². The van der Waals surface area contributed by atoms with Crippen molar-refractivity contribution in [3.8, 4) is 0 Å². The molecule has 1 aromatic carbocycles. The van der Waals surface area contributed by atoms with E-state index in [1.54, 1.807) is 18.9 Å². The summed E-state index contributed by atoms with van der Waals surface area (Å²) in [7, 11) is 1.54. The number of thioether (sulfide) groups is 1. The van der Waals surface area contributed by atoms with E-state index in [1.165, 1.54) is 12.1 Å². The van der Waals surface area contributed by atoms with E-state index >= 15 is 0 Å². The minimum atomic E-state index is -4.45. The van der Waals surface area contributed by atoms with Gasteiger partial charge in [0.2, 0.25) is 0 Å². The van der Waals surface area contributed by atoms with E-state index in [0.717, 1.165) is 24.3 Å². The van der Waals surface area contributed by atoms with Crippen LogP contribution in [0.1, 0.15) is 22.3 Å². The first-order valence-corrected chi connectivity index (χ1v) is 7.75. The van der Waals surface area contributed by atoms with Gasteiger partial charge in [-0.2, -0.15) is 24.9 Å². The summed E-state index contributed by atoms with van der Waals surface area (Å²) in [6.45, 7) is 0.270. The highest BCUT2D eigenvalue weighted by Gasteiger charge is 2.30. The fourth-order valence-corrected chi connectivity index (χ4v) is 2.20. The normalized spacial score (nSPS) is 13.0. The van der Waals surface area contributed by atoms with Crippen molar-refractivity contribution in [3.63, 3.8) is 0 Å². The highest BCUT2D eigenvalue weighted by atomic mass is 32.2. The van der Waals surface area contributed by atoms with Crippen LogP contribution in [0.25, 0.3) is 0 Å². The van der Waals surface area contributed by atoms with Crippen LogP contribution in [0.5, 0.6) is 0 Å². The average Bonchev–Trinajstić information content (AvgIpc) is 2.46. The maximum Gasteiger partial charge on any atom is 0.416 e. The van der Waals surface area contributed by atoms with Crippen molar-refractivity contribution in [3.05, 3.63) is 35.4 Å². The lowest BCUT2D eigenvalue weighted by molar-refractivity contribution is -0.137. The predicted octanol–water partition coefficient (Wildman–Crippen LogP) is 3.20. The Kier molecular flexibility index (Phi) is 7.04. The Labute approximate surface area is 126 Å². The topological polar surface area (TPSA) is 38.3 Å². The largest absolute Gasteiger partial charge is 0.416 e. The van der Waals surface area contributed by atoms with E-state index in [1.807, 2.05) is 6.26 Å². The number of rotatable bonds is 7. The van der Waals surface area contributed by atoms with E-state index in [2.05, 4.69) is 5.32 Å². The summed E-state index contributed by atoms with van der Waals surface area (Å²) in [5.41, 5.74) is -0.842. The van der Waals surface area contributed by atoms with Crippen molar-refractivity contribution in [1.29, 1.82) is 0 Å². The summed E-state index contributed by atoms with van der Waals surface area (Å²) >= 11 is 1.66. The molecule has 0 aromatic heterocycles. The van der Waals surface area contributed by atoms with Crippen molar-refractivity contribution in [2.45, 2.75) is 18.7 Å². The first kappa shape index (κ1) is 17.8. The number of halogens is 3. The number of amides is 1. The third-order valence-corrected chi connectivity index (χ3v) is 3.56. The van der Waals surface area contributed by atoms with Crippen LogP contribution in [0, 0.1) is 0 Å². The van der Waals surface area contributed by atoms with Crippen LogP contribution in [-0.4, -0.2) is 37.7 Å². The summed E-state index contributed by atoms with van der Waals surface area (Å²) < 4.78 is 43.0. The minimum Gasteiger partial charge on any atom is -0.380 e. The molecule has 1 N–H and O–H groups in total. The molecule has 1 unspecified atom stereocenters. The zero-order valence-electron chi connectivity index (χ0n) is 11.9. The van der Waals surface area contributed by atoms with Crippen LogP contribution in [0.15, 0.2) is 24.3 Å². The third kappa shape index (κ3) is 5.97. The zero-order chi connectivity index (χ0) is 15.9. The van der Waals surface area contributed by atoms with Crippen molar-refractivity contribution >= 4 is 17.7 Å². The summed E-state index contributed by atoms with van der Waals surface area (Å²) in [6.07, 6.45) is -1.87. The van der Waals surface area contributed by atoms with E-state index in [4.69, 9.17) is 4.74 Å². The van der Waals surface area contributed by atoms with Gasteiger partial charge in [-0.15, -0.1) is 0 Å². The second kappa shape index (κ2) is 8.29. The first-order valence-electron chi connectivity index (χ1n) is 6.35. The second-order valence-corrected chi connectivity index (χ2v) is 5.41. The van der Waals surface area contributed by atoms with Crippen molar-refractivity contribution in [1.82, 2.24) is 5.32 Å². The van der Waals surface area contributed by atoms with Crippen LogP contribution in [-0.2, 0) is 10.9 Å². The molecule has 0 fully saturated rings. The number of alkyl halides is 3. The number of ether oxygens (including phenoxy) is 1. The number of benzene rings is 1. The van der Waals surface area contributed by atoms with E-state index in [9.17, 15) is 18.0 Å². The zero-order valence-corrected chi connectivity index (χ0v) is 12.7. The fourth-order valence-electron chi connectivity index (χ4n) is 1.70. The molecule has 0 radical (unpaired) electrons. The molecule has 0 heterocycles.